The first kappa shape index (κ1) is 42.7. The van der Waals surface area contributed by atoms with Gasteiger partial charge in [0, 0.05) is 60.9 Å². The number of fused-ring (bicyclic) bond motifs is 1. The third-order valence-corrected chi connectivity index (χ3v) is 11.9. The van der Waals surface area contributed by atoms with E-state index >= 15 is 0 Å². The maximum absolute atomic E-state index is 14.7. The van der Waals surface area contributed by atoms with Gasteiger partial charge in [-0.2, -0.15) is 30.3 Å². The largest absolute Gasteiger partial charge is 0.493 e. The molecule has 0 N–H and O–H groups in total. The molecule has 4 heterocycles. The van der Waals surface area contributed by atoms with E-state index < -0.39 is 0 Å². The van der Waals surface area contributed by atoms with Crippen molar-refractivity contribution in [2.75, 3.05) is 31.4 Å². The molecule has 0 aliphatic carbocycles. The molecule has 2 aromatic heterocycles. The number of rotatable bonds is 13. The second kappa shape index (κ2) is 19.4. The molecule has 4 aromatic carbocycles. The van der Waals surface area contributed by atoms with E-state index in [0.29, 0.717) is 66.0 Å². The monoisotopic (exact) mass is 849 g/mol. The molecule has 2 saturated heterocycles. The zero-order chi connectivity index (χ0) is 43.9. The van der Waals surface area contributed by atoms with E-state index in [1.54, 1.807) is 56.1 Å². The zero-order valence-electron chi connectivity index (χ0n) is 36.0. The van der Waals surface area contributed by atoms with Crippen LogP contribution in [0, 0.1) is 24.6 Å². The zero-order valence-corrected chi connectivity index (χ0v) is 36.0. The number of amides is 2. The maximum Gasteiger partial charge on any atom is 0.256 e. The van der Waals surface area contributed by atoms with E-state index in [4.69, 9.17) is 14.6 Å². The maximum atomic E-state index is 14.7. The highest BCUT2D eigenvalue weighted by Crippen LogP contribution is 2.31. The molecule has 6 aromatic rings. The minimum absolute atomic E-state index is 0.00620. The van der Waals surface area contributed by atoms with E-state index in [0.717, 1.165) is 42.0 Å². The number of anilines is 1. The lowest BCUT2D eigenvalue weighted by atomic mass is 9.93. The standard InChI is InChI=1S/C49H52FN9O4/c1-5-52-58(45-19-13-33(2)25-43(45)48(60)56-29-37(16-14-34(56)3)31-62-41-11-8-10-40(50)27-41)55-28-36-18-20-46(59-53-23-24-54-59)44(26-36)49(61)57-30-38(17-15-35(57)4)32-63-47-42-12-7-6-9-39(42)21-22-51-47/h5-13,18-28,34-35,37-38H,14-17,29-32H2,1-4H3. The fraction of sp³-hybridized carbons (Fsp3) is 0.327. The topological polar surface area (TPSA) is 131 Å². The van der Waals surface area contributed by atoms with E-state index in [-0.39, 0.29) is 41.6 Å². The highest BCUT2D eigenvalue weighted by atomic mass is 19.1. The number of benzene rings is 4. The SMILES string of the molecule is CC=NN(N=Cc1ccc(-n2nccn2)c(C(=O)N2CC(COc3nccc4ccccc34)CCC2C)c1)c1ccc(C)cc1C(=O)N1CC(COc2cccc(F)c2)CCC1C. The average Bonchev–Trinajstić information content (AvgIpc) is 3.85. The number of carbonyl (C=O) groups excluding carboxylic acids is 2. The summed E-state index contributed by atoms with van der Waals surface area (Å²) >= 11 is 0. The first-order valence-electron chi connectivity index (χ1n) is 21.6. The minimum atomic E-state index is -0.355. The normalized spacial score (nSPS) is 19.2. The van der Waals surface area contributed by atoms with Gasteiger partial charge in [0.25, 0.3) is 11.8 Å². The summed E-state index contributed by atoms with van der Waals surface area (Å²) in [5, 5.41) is 21.5. The van der Waals surface area contributed by atoms with Crippen LogP contribution in [0.5, 0.6) is 11.6 Å². The fourth-order valence-corrected chi connectivity index (χ4v) is 8.39. The Bertz CT molecular complexity index is 2610. The van der Waals surface area contributed by atoms with E-state index in [2.05, 4.69) is 34.1 Å². The molecule has 2 aliphatic heterocycles. The molecule has 0 spiro atoms. The van der Waals surface area contributed by atoms with Crippen LogP contribution in [-0.4, -0.2) is 92.4 Å². The van der Waals surface area contributed by atoms with Crippen molar-refractivity contribution >= 4 is 40.7 Å². The van der Waals surface area contributed by atoms with Gasteiger partial charge in [0.2, 0.25) is 5.88 Å². The number of likely N-dealkylation sites (tertiary alicyclic amines) is 2. The summed E-state index contributed by atoms with van der Waals surface area (Å²) in [6, 6.07) is 27.2. The average molecular weight is 850 g/mol. The van der Waals surface area contributed by atoms with Gasteiger partial charge in [-0.3, -0.25) is 9.59 Å². The number of nitrogens with zero attached hydrogens (tertiary/aromatic N) is 9. The van der Waals surface area contributed by atoms with Crippen LogP contribution in [0.3, 0.4) is 0 Å². The molecule has 4 unspecified atom stereocenters. The van der Waals surface area contributed by atoms with Gasteiger partial charge in [0.1, 0.15) is 11.6 Å². The first-order valence-corrected chi connectivity index (χ1v) is 21.6. The molecule has 13 nitrogen and oxygen atoms in total. The lowest BCUT2D eigenvalue weighted by molar-refractivity contribution is 0.0497. The van der Waals surface area contributed by atoms with Gasteiger partial charge in [0.15, 0.2) is 0 Å². The van der Waals surface area contributed by atoms with Crippen LogP contribution in [-0.2, 0) is 0 Å². The molecule has 324 valence electrons. The molecule has 0 bridgehead atoms. The van der Waals surface area contributed by atoms with Crippen molar-refractivity contribution in [2.45, 2.75) is 65.5 Å². The van der Waals surface area contributed by atoms with Crippen LogP contribution in [0.2, 0.25) is 0 Å². The smallest absolute Gasteiger partial charge is 0.256 e. The first-order chi connectivity index (χ1) is 30.6. The van der Waals surface area contributed by atoms with E-state index in [9.17, 15) is 14.0 Å². The second-order valence-corrected chi connectivity index (χ2v) is 16.4. The number of piperidine rings is 2. The number of halogens is 1. The van der Waals surface area contributed by atoms with E-state index in [1.165, 1.54) is 22.0 Å². The molecule has 2 aliphatic rings. The predicted octanol–water partition coefficient (Wildman–Crippen LogP) is 8.75. The molecule has 14 heteroatoms. The summed E-state index contributed by atoms with van der Waals surface area (Å²) in [4.78, 5) is 38.9. The Morgan fingerprint density at radius 2 is 1.49 bits per heavy atom. The van der Waals surface area contributed by atoms with Crippen LogP contribution in [0.25, 0.3) is 16.5 Å². The molecule has 4 atom stereocenters. The second-order valence-electron chi connectivity index (χ2n) is 16.4. The van der Waals surface area contributed by atoms with Crippen molar-refractivity contribution in [3.05, 3.63) is 138 Å². The number of carbonyl (C=O) groups is 2. The summed E-state index contributed by atoms with van der Waals surface area (Å²) in [5.74, 6) is 0.580. The van der Waals surface area contributed by atoms with Crippen LogP contribution in [0.1, 0.15) is 78.3 Å². The van der Waals surface area contributed by atoms with Gasteiger partial charge < -0.3 is 19.3 Å². The van der Waals surface area contributed by atoms with Gasteiger partial charge >= 0.3 is 0 Å². The fourth-order valence-electron chi connectivity index (χ4n) is 8.39. The van der Waals surface area contributed by atoms with Crippen molar-refractivity contribution in [3.63, 3.8) is 0 Å². The Labute approximate surface area is 366 Å². The van der Waals surface area contributed by atoms with Crippen molar-refractivity contribution < 1.29 is 23.5 Å². The summed E-state index contributed by atoms with van der Waals surface area (Å²) in [6.45, 7) is 9.65. The van der Waals surface area contributed by atoms with E-state index in [1.807, 2.05) is 77.4 Å². The third-order valence-electron chi connectivity index (χ3n) is 11.9. The highest BCUT2D eigenvalue weighted by Gasteiger charge is 2.33. The molecule has 63 heavy (non-hydrogen) atoms. The van der Waals surface area contributed by atoms with Gasteiger partial charge in [-0.15, -0.1) is 0 Å². The Hall–Kier alpha value is -6.96. The Kier molecular flexibility index (Phi) is 13.2. The summed E-state index contributed by atoms with van der Waals surface area (Å²) in [7, 11) is 0. The Morgan fingerprint density at radius 3 is 2.22 bits per heavy atom. The molecular formula is C49H52FN9O4. The van der Waals surface area contributed by atoms with Gasteiger partial charge in [0.05, 0.1) is 54.3 Å². The Morgan fingerprint density at radius 1 is 0.778 bits per heavy atom. The van der Waals surface area contributed by atoms with Crippen molar-refractivity contribution in [1.82, 2.24) is 29.8 Å². The number of hydrogen-bond acceptors (Lipinski definition) is 10. The molecule has 8 rings (SSSR count). The van der Waals surface area contributed by atoms with Gasteiger partial charge in [-0.25, -0.2) is 9.37 Å². The number of hydrogen-bond donors (Lipinski definition) is 0. The number of aryl methyl sites for hydroxylation is 1. The van der Waals surface area contributed by atoms with Crippen LogP contribution < -0.4 is 14.6 Å². The number of pyridine rings is 1. The van der Waals surface area contributed by atoms with Gasteiger partial charge in [-0.1, -0.05) is 42.0 Å². The molecule has 0 radical (unpaired) electrons. The summed E-state index contributed by atoms with van der Waals surface area (Å²) in [5.41, 5.74) is 3.49. The summed E-state index contributed by atoms with van der Waals surface area (Å²) < 4.78 is 26.1. The molecule has 2 fully saturated rings. The molecule has 0 saturated carbocycles. The quantitative estimate of drug-likeness (QED) is 0.0834. The summed E-state index contributed by atoms with van der Waals surface area (Å²) in [6.07, 6.45) is 11.6. The lowest BCUT2D eigenvalue weighted by Crippen LogP contribution is -2.47. The minimum Gasteiger partial charge on any atom is -0.493 e. The van der Waals surface area contributed by atoms with Crippen molar-refractivity contribution in [2.24, 2.45) is 22.0 Å². The Balaban J connectivity index is 1.02. The molecule has 2 amide bonds. The predicted molar refractivity (Wildman–Crippen MR) is 242 cm³/mol. The highest BCUT2D eigenvalue weighted by molar-refractivity contribution is 6.01. The van der Waals surface area contributed by atoms with Crippen LogP contribution >= 0.6 is 0 Å². The lowest BCUT2D eigenvalue weighted by Gasteiger charge is -2.38. The number of aromatic nitrogens is 4. The van der Waals surface area contributed by atoms with Crippen molar-refractivity contribution in [3.8, 4) is 17.3 Å². The number of hydrazone groups is 2. The van der Waals surface area contributed by atoms with Crippen LogP contribution in [0.15, 0.2) is 120 Å². The van der Waals surface area contributed by atoms with Crippen molar-refractivity contribution in [1.29, 1.82) is 0 Å². The molecular weight excluding hydrogens is 798 g/mol. The number of ether oxygens (including phenoxy) is 2. The van der Waals surface area contributed by atoms with Gasteiger partial charge in [-0.05, 0) is 113 Å². The van der Waals surface area contributed by atoms with Crippen LogP contribution in [0.4, 0.5) is 10.1 Å². The third kappa shape index (κ3) is 9.90.